The standard InChI is InChI=1S/C32H3Br14ClN8/c33-11-3(47)1-2-4(12(11)34)26-48-25(2)49-27-5-6(14(36)20(42)19(41)13(5)35)29(51-27)53-31-9-10(18(40)24(46)23(45)17(9)39)32(55-31)54-30-8-7(28(50-26)52-30)15(37)21(43)22(44)16(8)38/h1H,(H2,48,49,50,51,52,53,54,55). The van der Waals surface area contributed by atoms with Gasteiger partial charge in [0.15, 0.2) is 23.3 Å². The Morgan fingerprint density at radius 3 is 1.00 bits per heavy atom. The lowest BCUT2D eigenvalue weighted by atomic mass is 10.1. The first-order chi connectivity index (χ1) is 26.0. The number of rotatable bonds is 0. The number of nitrogens with one attached hydrogen (secondary N) is 2. The van der Waals surface area contributed by atoms with Gasteiger partial charge in [-0.2, -0.15) is 0 Å². The highest BCUT2D eigenvalue weighted by Crippen LogP contribution is 2.53. The predicted molar refractivity (Wildman–Crippen MR) is 269 cm³/mol. The van der Waals surface area contributed by atoms with Crippen molar-refractivity contribution >= 4 is 279 Å². The molecule has 2 aliphatic heterocycles. The first-order valence-corrected chi connectivity index (χ1v) is 26.1. The van der Waals surface area contributed by atoms with Crippen LogP contribution >= 0.6 is 235 Å². The zero-order valence-corrected chi connectivity index (χ0v) is 48.4. The van der Waals surface area contributed by atoms with Crippen molar-refractivity contribution in [3.05, 3.63) is 73.7 Å². The third-order valence-corrected chi connectivity index (χ3v) is 25.6. The monoisotopic (exact) mass is 1640 g/mol. The summed E-state index contributed by atoms with van der Waals surface area (Å²) in [6, 6.07) is 1.82. The second kappa shape index (κ2) is 15.3. The fourth-order valence-electron chi connectivity index (χ4n) is 6.18. The molecule has 0 aliphatic carbocycles. The molecule has 0 fully saturated rings. The van der Waals surface area contributed by atoms with Gasteiger partial charge in [0, 0.05) is 102 Å². The van der Waals surface area contributed by atoms with Gasteiger partial charge in [0.2, 0.25) is 0 Å². The van der Waals surface area contributed by atoms with Crippen LogP contribution in [-0.2, 0) is 0 Å². The zero-order chi connectivity index (χ0) is 39.3. The molecule has 3 aromatic heterocycles. The maximum atomic E-state index is 6.77. The van der Waals surface area contributed by atoms with Gasteiger partial charge in [-0.15, -0.1) is 0 Å². The van der Waals surface area contributed by atoms with Crippen LogP contribution in [0.4, 0.5) is 0 Å². The lowest BCUT2D eigenvalue weighted by molar-refractivity contribution is 1.19. The highest BCUT2D eigenvalue weighted by atomic mass is 79.9. The van der Waals surface area contributed by atoms with Gasteiger partial charge < -0.3 is 9.97 Å². The molecule has 2 N–H and O–H groups in total. The summed E-state index contributed by atoms with van der Waals surface area (Å²) in [6.07, 6.45) is 0. The molecule has 0 spiro atoms. The number of fused-ring (bicyclic) bond motifs is 20. The summed E-state index contributed by atoms with van der Waals surface area (Å²) in [5, 5.41) is 3.40. The lowest BCUT2D eigenvalue weighted by Crippen LogP contribution is -1.89. The van der Waals surface area contributed by atoms with Gasteiger partial charge in [-0.1, -0.05) is 11.6 Å². The summed E-state index contributed by atoms with van der Waals surface area (Å²) in [6.45, 7) is 0. The second-order valence-electron chi connectivity index (χ2n) is 11.5. The van der Waals surface area contributed by atoms with E-state index < -0.39 is 0 Å². The maximum absolute atomic E-state index is 6.77. The zero-order valence-electron chi connectivity index (χ0n) is 25.4. The summed E-state index contributed by atoms with van der Waals surface area (Å²) in [7, 11) is 0. The first-order valence-electron chi connectivity index (χ1n) is 14.6. The molecule has 0 amide bonds. The molecular formula is C32H3Br14ClN8. The molecule has 276 valence electrons. The minimum Gasteiger partial charge on any atom is -0.324 e. The van der Waals surface area contributed by atoms with Crippen LogP contribution < -0.4 is 0 Å². The van der Waals surface area contributed by atoms with Crippen molar-refractivity contribution in [2.75, 3.05) is 0 Å². The van der Waals surface area contributed by atoms with E-state index in [0.29, 0.717) is 82.1 Å². The van der Waals surface area contributed by atoms with E-state index >= 15 is 0 Å². The Morgan fingerprint density at radius 1 is 0.327 bits per heavy atom. The molecule has 8 nitrogen and oxygen atoms in total. The van der Waals surface area contributed by atoms with Crippen LogP contribution in [0.5, 0.6) is 0 Å². The number of aromatic amines is 2. The van der Waals surface area contributed by atoms with E-state index in [-0.39, 0.29) is 0 Å². The maximum Gasteiger partial charge on any atom is 0.165 e. The third-order valence-electron chi connectivity index (χ3n) is 8.59. The molecular weight excluding hydrogens is 1650 g/mol. The van der Waals surface area contributed by atoms with E-state index in [1.807, 2.05) is 6.07 Å². The first kappa shape index (κ1) is 41.6. The van der Waals surface area contributed by atoms with Crippen LogP contribution in [0.3, 0.4) is 0 Å². The number of aromatic nitrogens is 8. The predicted octanol–water partition coefficient (Wildman–Crippen LogP) is 18.2. The Morgan fingerprint density at radius 2 is 0.618 bits per heavy atom. The molecule has 0 saturated carbocycles. The highest BCUT2D eigenvalue weighted by molar-refractivity contribution is 9.16. The number of benzene rings is 4. The van der Waals surface area contributed by atoms with Gasteiger partial charge in [-0.05, 0) is 229 Å². The minimum absolute atomic E-state index is 0.372. The average Bonchev–Trinajstić information content (AvgIpc) is 3.89. The lowest BCUT2D eigenvalue weighted by Gasteiger charge is -2.10. The largest absolute Gasteiger partial charge is 0.324 e. The minimum atomic E-state index is 0.372. The summed E-state index contributed by atoms with van der Waals surface area (Å²) >= 11 is 59.6. The van der Waals surface area contributed by atoms with Crippen LogP contribution in [0.1, 0.15) is 0 Å². The Balaban J connectivity index is 1.60. The van der Waals surface area contributed by atoms with Gasteiger partial charge in [-0.25, -0.2) is 29.9 Å². The SMILES string of the molecule is Clc1cc2c(c(Br)c1Br)-c1nc-2nc2[nH]c(nc3nc(nc4[nH]c(n1)c1c(Br)c(Br)c(Br)c(Br)c41)-c1c(Br)c(Br)c(Br)c(Br)c1-3)c1c(Br)c(Br)c(Br)c(Br)c21. The van der Waals surface area contributed by atoms with Crippen LogP contribution in [0.25, 0.3) is 89.7 Å². The normalized spacial score (nSPS) is 12.3. The van der Waals surface area contributed by atoms with Gasteiger partial charge in [-0.3, -0.25) is 0 Å². The molecule has 4 aromatic carbocycles. The number of hydrogen-bond donors (Lipinski definition) is 2. The van der Waals surface area contributed by atoms with Crippen molar-refractivity contribution < 1.29 is 0 Å². The number of halogens is 15. The molecule has 0 atom stereocenters. The molecule has 7 aromatic rings. The molecule has 23 heteroatoms. The Kier molecular flexibility index (Phi) is 11.5. The van der Waals surface area contributed by atoms with E-state index in [1.165, 1.54) is 0 Å². The van der Waals surface area contributed by atoms with Crippen molar-refractivity contribution in [2.24, 2.45) is 0 Å². The fourth-order valence-corrected chi connectivity index (χ4v) is 14.9. The van der Waals surface area contributed by atoms with Crippen LogP contribution in [0.15, 0.2) is 68.7 Å². The van der Waals surface area contributed by atoms with Gasteiger partial charge >= 0.3 is 0 Å². The van der Waals surface area contributed by atoms with E-state index in [4.69, 9.17) is 41.5 Å². The average molecular weight is 1650 g/mol. The smallest absolute Gasteiger partial charge is 0.165 e. The number of H-pyrrole nitrogens is 2. The van der Waals surface area contributed by atoms with Crippen LogP contribution in [-0.4, -0.2) is 39.9 Å². The molecule has 5 heterocycles. The quantitative estimate of drug-likeness (QED) is 0.116. The van der Waals surface area contributed by atoms with E-state index in [0.717, 1.165) is 75.2 Å². The van der Waals surface area contributed by atoms with E-state index in [1.54, 1.807) is 0 Å². The van der Waals surface area contributed by atoms with Crippen LogP contribution in [0, 0.1) is 0 Å². The summed E-state index contributed by atoms with van der Waals surface area (Å²) in [4.78, 5) is 37.9. The summed E-state index contributed by atoms with van der Waals surface area (Å²) < 4.78 is 10.3. The Labute approximate surface area is 431 Å². The van der Waals surface area contributed by atoms with Gasteiger partial charge in [0.05, 0.1) is 9.50 Å². The Hall–Kier alpha value is 1.25. The van der Waals surface area contributed by atoms with Crippen molar-refractivity contribution in [3.8, 4) is 45.6 Å². The van der Waals surface area contributed by atoms with Gasteiger partial charge in [0.25, 0.3) is 0 Å². The molecule has 0 saturated heterocycles. The molecule has 55 heavy (non-hydrogen) atoms. The van der Waals surface area contributed by atoms with Crippen molar-refractivity contribution in [1.29, 1.82) is 0 Å². The molecule has 8 bridgehead atoms. The van der Waals surface area contributed by atoms with E-state index in [9.17, 15) is 0 Å². The van der Waals surface area contributed by atoms with E-state index in [2.05, 4.69) is 233 Å². The molecule has 0 unspecified atom stereocenters. The number of nitrogens with zero attached hydrogens (tertiary/aromatic N) is 6. The summed E-state index contributed by atoms with van der Waals surface area (Å²) in [5.74, 6) is 1.54. The van der Waals surface area contributed by atoms with Crippen LogP contribution in [0.2, 0.25) is 5.02 Å². The topological polar surface area (TPSA) is 109 Å². The van der Waals surface area contributed by atoms with Crippen molar-refractivity contribution in [1.82, 2.24) is 39.9 Å². The molecule has 9 rings (SSSR count). The Bertz CT molecular complexity index is 3170. The van der Waals surface area contributed by atoms with Crippen molar-refractivity contribution in [3.63, 3.8) is 0 Å². The molecule has 0 radical (unpaired) electrons. The van der Waals surface area contributed by atoms with Crippen molar-refractivity contribution in [2.45, 2.75) is 0 Å². The summed E-state index contributed by atoms with van der Waals surface area (Å²) in [5.41, 5.74) is 4.68. The second-order valence-corrected chi connectivity index (χ2v) is 23.0. The highest BCUT2D eigenvalue weighted by Gasteiger charge is 2.31. The third kappa shape index (κ3) is 6.34. The van der Waals surface area contributed by atoms with Gasteiger partial charge in [0.1, 0.15) is 22.6 Å². The fraction of sp³-hybridized carbons (Fsp3) is 0. The number of hydrogen-bond acceptors (Lipinski definition) is 6. The molecule has 2 aliphatic rings.